The highest BCUT2D eigenvalue weighted by molar-refractivity contribution is 7.09. The van der Waals surface area contributed by atoms with Crippen LogP contribution in [-0.2, 0) is 11.2 Å². The summed E-state index contributed by atoms with van der Waals surface area (Å²) >= 11 is 1.65. The average molecular weight is 316 g/mol. The summed E-state index contributed by atoms with van der Waals surface area (Å²) < 4.78 is 5.46. The van der Waals surface area contributed by atoms with E-state index in [2.05, 4.69) is 17.5 Å². The first-order valence-corrected chi connectivity index (χ1v) is 8.42. The quantitative estimate of drug-likeness (QED) is 0.850. The molecular formula is C17H20N2O2S. The van der Waals surface area contributed by atoms with Gasteiger partial charge in [-0.25, -0.2) is 4.98 Å². The lowest BCUT2D eigenvalue weighted by molar-refractivity contribution is -0.127. The smallest absolute Gasteiger partial charge is 0.222 e. The molecule has 1 aliphatic heterocycles. The standard InChI is InChI=1S/C17H20N2O2S/c1-12-5-6-13(15(10-12)21-2)14-11-22-16(18-14)7-9-19-8-3-4-17(19)20/h5-6,10-11H,3-4,7-9H2,1-2H3. The van der Waals surface area contributed by atoms with Crippen LogP contribution in [0.5, 0.6) is 5.75 Å². The van der Waals surface area contributed by atoms with Crippen LogP contribution in [-0.4, -0.2) is 36.0 Å². The number of aryl methyl sites for hydroxylation is 1. The molecule has 1 aromatic heterocycles. The van der Waals surface area contributed by atoms with Crippen molar-refractivity contribution in [1.82, 2.24) is 9.88 Å². The molecule has 3 rings (SSSR count). The molecule has 0 bridgehead atoms. The predicted octanol–water partition coefficient (Wildman–Crippen LogP) is 3.29. The van der Waals surface area contributed by atoms with E-state index < -0.39 is 0 Å². The minimum absolute atomic E-state index is 0.275. The fourth-order valence-corrected chi connectivity index (χ4v) is 3.52. The summed E-state index contributed by atoms with van der Waals surface area (Å²) in [5.41, 5.74) is 3.14. The molecule has 22 heavy (non-hydrogen) atoms. The first-order valence-electron chi connectivity index (χ1n) is 7.54. The maximum atomic E-state index is 11.6. The van der Waals surface area contributed by atoms with Gasteiger partial charge in [0, 0.05) is 36.9 Å². The van der Waals surface area contributed by atoms with E-state index in [0.29, 0.717) is 6.42 Å². The predicted molar refractivity (Wildman–Crippen MR) is 88.4 cm³/mol. The van der Waals surface area contributed by atoms with Gasteiger partial charge < -0.3 is 9.64 Å². The molecule has 2 heterocycles. The summed E-state index contributed by atoms with van der Waals surface area (Å²) in [4.78, 5) is 18.3. The van der Waals surface area contributed by atoms with Crippen LogP contribution >= 0.6 is 11.3 Å². The van der Waals surface area contributed by atoms with Crippen LogP contribution in [0.15, 0.2) is 23.6 Å². The molecule has 0 radical (unpaired) electrons. The van der Waals surface area contributed by atoms with Crippen molar-refractivity contribution in [2.24, 2.45) is 0 Å². The van der Waals surface area contributed by atoms with Crippen molar-refractivity contribution in [3.63, 3.8) is 0 Å². The Bertz CT molecular complexity index is 681. The average Bonchev–Trinajstić information content (AvgIpc) is 3.14. The number of hydrogen-bond acceptors (Lipinski definition) is 4. The Hall–Kier alpha value is -1.88. The van der Waals surface area contributed by atoms with Crippen molar-refractivity contribution in [2.75, 3.05) is 20.2 Å². The first-order chi connectivity index (χ1) is 10.7. The van der Waals surface area contributed by atoms with Gasteiger partial charge in [-0.15, -0.1) is 11.3 Å². The summed E-state index contributed by atoms with van der Waals surface area (Å²) in [7, 11) is 1.69. The number of rotatable bonds is 5. The van der Waals surface area contributed by atoms with Gasteiger partial charge >= 0.3 is 0 Å². The Kier molecular flexibility index (Phi) is 4.43. The Morgan fingerprint density at radius 3 is 3.00 bits per heavy atom. The van der Waals surface area contributed by atoms with E-state index in [1.165, 1.54) is 5.56 Å². The van der Waals surface area contributed by atoms with E-state index in [0.717, 1.165) is 47.9 Å². The van der Waals surface area contributed by atoms with Crippen molar-refractivity contribution < 1.29 is 9.53 Å². The second-order valence-electron chi connectivity index (χ2n) is 5.56. The van der Waals surface area contributed by atoms with Gasteiger partial charge in [-0.1, -0.05) is 6.07 Å². The highest BCUT2D eigenvalue weighted by atomic mass is 32.1. The van der Waals surface area contributed by atoms with E-state index in [1.807, 2.05) is 17.9 Å². The summed E-state index contributed by atoms with van der Waals surface area (Å²) in [6, 6.07) is 6.15. The Balaban J connectivity index is 1.72. The molecule has 0 saturated carbocycles. The fraction of sp³-hybridized carbons (Fsp3) is 0.412. The minimum atomic E-state index is 0.275. The molecular weight excluding hydrogens is 296 g/mol. The molecule has 116 valence electrons. The minimum Gasteiger partial charge on any atom is -0.496 e. The van der Waals surface area contributed by atoms with Crippen LogP contribution < -0.4 is 4.74 Å². The fourth-order valence-electron chi connectivity index (χ4n) is 2.73. The lowest BCUT2D eigenvalue weighted by Gasteiger charge is -2.13. The van der Waals surface area contributed by atoms with Gasteiger partial charge in [-0.05, 0) is 31.0 Å². The number of amides is 1. The third-order valence-electron chi connectivity index (χ3n) is 3.95. The number of thiazole rings is 1. The first kappa shape index (κ1) is 15.0. The number of ether oxygens (including phenoxy) is 1. The van der Waals surface area contributed by atoms with Gasteiger partial charge in [0.2, 0.25) is 5.91 Å². The summed E-state index contributed by atoms with van der Waals surface area (Å²) in [6.07, 6.45) is 2.51. The van der Waals surface area contributed by atoms with E-state index >= 15 is 0 Å². The number of benzene rings is 1. The van der Waals surface area contributed by atoms with Gasteiger partial charge in [-0.3, -0.25) is 4.79 Å². The topological polar surface area (TPSA) is 42.4 Å². The molecule has 1 aliphatic rings. The van der Waals surface area contributed by atoms with Crippen molar-refractivity contribution in [3.05, 3.63) is 34.2 Å². The zero-order chi connectivity index (χ0) is 15.5. The van der Waals surface area contributed by atoms with E-state index in [1.54, 1.807) is 18.4 Å². The maximum Gasteiger partial charge on any atom is 0.222 e. The number of hydrogen-bond donors (Lipinski definition) is 0. The molecule has 1 aromatic carbocycles. The monoisotopic (exact) mass is 316 g/mol. The van der Waals surface area contributed by atoms with Crippen molar-refractivity contribution in [3.8, 4) is 17.0 Å². The molecule has 2 aromatic rings. The molecule has 4 nitrogen and oxygen atoms in total. The maximum absolute atomic E-state index is 11.6. The zero-order valence-corrected chi connectivity index (χ0v) is 13.8. The molecule has 0 unspecified atom stereocenters. The Morgan fingerprint density at radius 1 is 1.41 bits per heavy atom. The number of likely N-dealkylation sites (tertiary alicyclic amines) is 1. The Labute approximate surface area is 134 Å². The van der Waals surface area contributed by atoms with Gasteiger partial charge in [0.15, 0.2) is 0 Å². The second-order valence-corrected chi connectivity index (χ2v) is 6.51. The highest BCUT2D eigenvalue weighted by Crippen LogP contribution is 2.31. The van der Waals surface area contributed by atoms with E-state index in [-0.39, 0.29) is 5.91 Å². The third kappa shape index (κ3) is 3.14. The van der Waals surface area contributed by atoms with Crippen LogP contribution in [0.3, 0.4) is 0 Å². The third-order valence-corrected chi connectivity index (χ3v) is 4.86. The molecule has 0 spiro atoms. The lowest BCUT2D eigenvalue weighted by atomic mass is 10.1. The van der Waals surface area contributed by atoms with Gasteiger partial charge in [-0.2, -0.15) is 0 Å². The van der Waals surface area contributed by atoms with Crippen LogP contribution in [0.1, 0.15) is 23.4 Å². The van der Waals surface area contributed by atoms with E-state index in [9.17, 15) is 4.79 Å². The van der Waals surface area contributed by atoms with E-state index in [4.69, 9.17) is 9.72 Å². The number of carbonyl (C=O) groups is 1. The number of nitrogens with zero attached hydrogens (tertiary/aromatic N) is 2. The van der Waals surface area contributed by atoms with Gasteiger partial charge in [0.1, 0.15) is 5.75 Å². The molecule has 5 heteroatoms. The summed E-state index contributed by atoms with van der Waals surface area (Å²) in [5, 5.41) is 3.13. The van der Waals surface area contributed by atoms with Crippen molar-refractivity contribution in [2.45, 2.75) is 26.2 Å². The summed E-state index contributed by atoms with van der Waals surface area (Å²) in [6.45, 7) is 3.71. The molecule has 0 N–H and O–H groups in total. The lowest BCUT2D eigenvalue weighted by Crippen LogP contribution is -2.26. The van der Waals surface area contributed by atoms with Crippen LogP contribution in [0.4, 0.5) is 0 Å². The Morgan fingerprint density at radius 2 is 2.27 bits per heavy atom. The SMILES string of the molecule is COc1cc(C)ccc1-c1csc(CCN2CCCC2=O)n1. The summed E-state index contributed by atoms with van der Waals surface area (Å²) in [5.74, 6) is 1.13. The zero-order valence-electron chi connectivity index (χ0n) is 13.0. The molecule has 0 atom stereocenters. The largest absolute Gasteiger partial charge is 0.496 e. The van der Waals surface area contributed by atoms with Crippen molar-refractivity contribution in [1.29, 1.82) is 0 Å². The second kappa shape index (κ2) is 6.48. The van der Waals surface area contributed by atoms with Gasteiger partial charge in [0.25, 0.3) is 0 Å². The molecule has 1 fully saturated rings. The van der Waals surface area contributed by atoms with Crippen LogP contribution in [0, 0.1) is 6.92 Å². The van der Waals surface area contributed by atoms with Crippen LogP contribution in [0.2, 0.25) is 0 Å². The van der Waals surface area contributed by atoms with Crippen molar-refractivity contribution >= 4 is 17.2 Å². The van der Waals surface area contributed by atoms with Crippen LogP contribution in [0.25, 0.3) is 11.3 Å². The normalized spacial score (nSPS) is 14.6. The highest BCUT2D eigenvalue weighted by Gasteiger charge is 2.20. The number of methoxy groups -OCH3 is 1. The molecule has 0 aliphatic carbocycles. The molecule has 1 saturated heterocycles. The number of carbonyl (C=O) groups excluding carboxylic acids is 1. The molecule has 1 amide bonds. The number of aromatic nitrogens is 1. The van der Waals surface area contributed by atoms with Gasteiger partial charge in [0.05, 0.1) is 17.8 Å².